The summed E-state index contributed by atoms with van der Waals surface area (Å²) in [5.41, 5.74) is 1.08. The van der Waals surface area contributed by atoms with Crippen LogP contribution in [0.2, 0.25) is 31.0 Å². The molecule has 0 saturated heterocycles. The van der Waals surface area contributed by atoms with E-state index in [-0.39, 0.29) is 10.2 Å². The number of nitrogens with one attached hydrogen (secondary N) is 1. The van der Waals surface area contributed by atoms with E-state index in [9.17, 15) is 8.42 Å². The lowest BCUT2D eigenvalue weighted by Gasteiger charge is -2.16. The van der Waals surface area contributed by atoms with Crippen molar-refractivity contribution in [2.24, 2.45) is 0 Å². The SMILES string of the molecule is CC(C)S(=O)(=O)c1ccccc1Nc1nc(Cl)nc2c1ccn2COCC[Si](C)(C)C. The number of para-hydroxylation sites is 1. The highest BCUT2D eigenvalue weighted by atomic mass is 35.5. The number of hydrogen-bond acceptors (Lipinski definition) is 6. The van der Waals surface area contributed by atoms with Crippen LogP contribution in [0.5, 0.6) is 0 Å². The average molecular weight is 481 g/mol. The molecule has 10 heteroatoms. The standard InChI is InChI=1S/C21H29ClN4O3SSi/c1-15(2)30(27,28)18-9-7-6-8-17(18)23-19-16-10-11-26(20(16)25-21(22)24-19)14-29-12-13-31(3,4)5/h6-11,15H,12-14H2,1-5H3,(H,23,24,25). The van der Waals surface area contributed by atoms with Gasteiger partial charge in [-0.15, -0.1) is 0 Å². The van der Waals surface area contributed by atoms with Crippen LogP contribution < -0.4 is 5.32 Å². The zero-order valence-electron chi connectivity index (χ0n) is 18.5. The van der Waals surface area contributed by atoms with Crippen LogP contribution in [0.4, 0.5) is 11.5 Å². The van der Waals surface area contributed by atoms with Crippen LogP contribution in [0.3, 0.4) is 0 Å². The number of ether oxygens (including phenoxy) is 1. The molecule has 0 amide bonds. The van der Waals surface area contributed by atoms with Crippen LogP contribution in [-0.2, 0) is 21.3 Å². The summed E-state index contributed by atoms with van der Waals surface area (Å²) in [6.07, 6.45) is 1.87. The summed E-state index contributed by atoms with van der Waals surface area (Å²) < 4.78 is 33.3. The molecule has 0 radical (unpaired) electrons. The largest absolute Gasteiger partial charge is 0.361 e. The minimum atomic E-state index is -3.47. The lowest BCUT2D eigenvalue weighted by Crippen LogP contribution is -2.22. The van der Waals surface area contributed by atoms with Gasteiger partial charge in [0, 0.05) is 20.9 Å². The summed E-state index contributed by atoms with van der Waals surface area (Å²) in [4.78, 5) is 8.88. The van der Waals surface area contributed by atoms with E-state index in [1.54, 1.807) is 38.1 Å². The van der Waals surface area contributed by atoms with Crippen LogP contribution in [0.15, 0.2) is 41.4 Å². The van der Waals surface area contributed by atoms with Gasteiger partial charge in [0.25, 0.3) is 0 Å². The Morgan fingerprint density at radius 3 is 2.55 bits per heavy atom. The van der Waals surface area contributed by atoms with Crippen LogP contribution in [-0.4, -0.2) is 42.9 Å². The van der Waals surface area contributed by atoms with Gasteiger partial charge in [-0.1, -0.05) is 31.8 Å². The second kappa shape index (κ2) is 9.28. The summed E-state index contributed by atoms with van der Waals surface area (Å²) in [6, 6.07) is 9.74. The zero-order valence-corrected chi connectivity index (χ0v) is 21.1. The number of hydrogen-bond donors (Lipinski definition) is 1. The topological polar surface area (TPSA) is 86.1 Å². The first kappa shape index (κ1) is 23.7. The Hall–Kier alpha value is -1.94. The van der Waals surface area contributed by atoms with Crippen molar-refractivity contribution < 1.29 is 13.2 Å². The predicted molar refractivity (Wildman–Crippen MR) is 129 cm³/mol. The molecule has 1 aromatic carbocycles. The Morgan fingerprint density at radius 1 is 1.16 bits per heavy atom. The molecule has 0 fully saturated rings. The second-order valence-electron chi connectivity index (χ2n) is 8.93. The molecule has 168 valence electrons. The van der Waals surface area contributed by atoms with Gasteiger partial charge < -0.3 is 14.6 Å². The van der Waals surface area contributed by atoms with Crippen molar-refractivity contribution in [1.29, 1.82) is 0 Å². The lowest BCUT2D eigenvalue weighted by atomic mass is 10.3. The zero-order chi connectivity index (χ0) is 22.8. The molecule has 3 rings (SSSR count). The third kappa shape index (κ3) is 5.65. The Balaban J connectivity index is 1.91. The molecule has 0 saturated carbocycles. The van der Waals surface area contributed by atoms with Gasteiger partial charge in [0.2, 0.25) is 5.28 Å². The van der Waals surface area contributed by atoms with Crippen LogP contribution in [0.1, 0.15) is 13.8 Å². The third-order valence-corrected chi connectivity index (χ3v) is 8.97. The molecule has 0 unspecified atom stereocenters. The monoisotopic (exact) mass is 480 g/mol. The smallest absolute Gasteiger partial charge is 0.226 e. The first-order chi connectivity index (χ1) is 14.5. The molecule has 0 aliphatic carbocycles. The molecule has 1 N–H and O–H groups in total. The van der Waals surface area contributed by atoms with Crippen LogP contribution >= 0.6 is 11.6 Å². The molecule has 0 atom stereocenters. The Labute approximate surface area is 189 Å². The predicted octanol–water partition coefficient (Wildman–Crippen LogP) is 5.32. The Morgan fingerprint density at radius 2 is 1.87 bits per heavy atom. The number of benzene rings is 1. The second-order valence-corrected chi connectivity index (χ2v) is 17.4. The van der Waals surface area contributed by atoms with E-state index in [1.807, 2.05) is 16.8 Å². The van der Waals surface area contributed by atoms with Gasteiger partial charge in [0.1, 0.15) is 18.2 Å². The number of aromatic nitrogens is 3. The van der Waals surface area contributed by atoms with Crippen molar-refractivity contribution in [3.63, 3.8) is 0 Å². The normalized spacial score (nSPS) is 12.6. The summed E-state index contributed by atoms with van der Waals surface area (Å²) >= 11 is 6.19. The summed E-state index contributed by atoms with van der Waals surface area (Å²) in [6.45, 7) is 11.3. The van der Waals surface area contributed by atoms with Gasteiger partial charge in [-0.2, -0.15) is 9.97 Å². The Kier molecular flexibility index (Phi) is 7.10. The van der Waals surface area contributed by atoms with E-state index in [2.05, 4.69) is 34.9 Å². The molecule has 2 aromatic heterocycles. The van der Waals surface area contributed by atoms with E-state index in [0.717, 1.165) is 11.4 Å². The maximum atomic E-state index is 12.8. The maximum Gasteiger partial charge on any atom is 0.226 e. The van der Waals surface area contributed by atoms with E-state index in [1.165, 1.54) is 0 Å². The van der Waals surface area contributed by atoms with Gasteiger partial charge in [0.15, 0.2) is 9.84 Å². The van der Waals surface area contributed by atoms with Crippen molar-refractivity contribution in [2.75, 3.05) is 11.9 Å². The maximum absolute atomic E-state index is 12.8. The quantitative estimate of drug-likeness (QED) is 0.253. The fourth-order valence-electron chi connectivity index (χ4n) is 2.98. The molecule has 0 bridgehead atoms. The molecule has 0 aliphatic heterocycles. The molecule has 0 aliphatic rings. The number of sulfone groups is 1. The molecule has 31 heavy (non-hydrogen) atoms. The highest BCUT2D eigenvalue weighted by Crippen LogP contribution is 2.31. The van der Waals surface area contributed by atoms with Crippen molar-refractivity contribution in [2.45, 2.75) is 56.4 Å². The van der Waals surface area contributed by atoms with Gasteiger partial charge in [-0.25, -0.2) is 8.42 Å². The van der Waals surface area contributed by atoms with Gasteiger partial charge in [-0.3, -0.25) is 0 Å². The van der Waals surface area contributed by atoms with Crippen LogP contribution in [0.25, 0.3) is 11.0 Å². The summed E-state index contributed by atoms with van der Waals surface area (Å²) in [5, 5.41) is 3.41. The first-order valence-corrected chi connectivity index (χ1v) is 15.8. The van der Waals surface area contributed by atoms with E-state index in [4.69, 9.17) is 16.3 Å². The van der Waals surface area contributed by atoms with Gasteiger partial charge in [-0.05, 0) is 49.7 Å². The summed E-state index contributed by atoms with van der Waals surface area (Å²) in [5.74, 6) is 0.447. The number of fused-ring (bicyclic) bond motifs is 1. The molecule has 7 nitrogen and oxygen atoms in total. The van der Waals surface area contributed by atoms with Gasteiger partial charge in [0.05, 0.1) is 21.2 Å². The van der Waals surface area contributed by atoms with Gasteiger partial charge >= 0.3 is 0 Å². The number of halogens is 1. The number of nitrogens with zero attached hydrogens (tertiary/aromatic N) is 3. The fourth-order valence-corrected chi connectivity index (χ4v) is 5.10. The van der Waals surface area contributed by atoms with E-state index in [0.29, 0.717) is 30.5 Å². The molecule has 2 heterocycles. The molecule has 0 spiro atoms. The minimum absolute atomic E-state index is 0.0706. The fraction of sp³-hybridized carbons (Fsp3) is 0.429. The highest BCUT2D eigenvalue weighted by Gasteiger charge is 2.23. The van der Waals surface area contributed by atoms with Crippen molar-refractivity contribution in [3.05, 3.63) is 41.8 Å². The first-order valence-electron chi connectivity index (χ1n) is 10.2. The van der Waals surface area contributed by atoms with E-state index >= 15 is 0 Å². The minimum Gasteiger partial charge on any atom is -0.361 e. The van der Waals surface area contributed by atoms with Crippen molar-refractivity contribution >= 4 is 52.1 Å². The van der Waals surface area contributed by atoms with Crippen molar-refractivity contribution in [1.82, 2.24) is 14.5 Å². The highest BCUT2D eigenvalue weighted by molar-refractivity contribution is 7.92. The molecular weight excluding hydrogens is 452 g/mol. The van der Waals surface area contributed by atoms with Crippen molar-refractivity contribution in [3.8, 4) is 0 Å². The van der Waals surface area contributed by atoms with E-state index < -0.39 is 23.2 Å². The summed E-state index contributed by atoms with van der Waals surface area (Å²) in [7, 11) is -4.64. The Bertz CT molecular complexity index is 1170. The number of rotatable bonds is 9. The third-order valence-electron chi connectivity index (χ3n) is 4.89. The molecular formula is C21H29ClN4O3SSi. The van der Waals surface area contributed by atoms with Crippen LogP contribution in [0, 0.1) is 0 Å². The lowest BCUT2D eigenvalue weighted by molar-refractivity contribution is 0.0899. The molecule has 3 aromatic rings. The average Bonchev–Trinajstić information content (AvgIpc) is 3.07. The number of anilines is 2.